The first-order chi connectivity index (χ1) is 7.68. The average Bonchev–Trinajstić information content (AvgIpc) is 2.33. The van der Waals surface area contributed by atoms with Crippen molar-refractivity contribution < 1.29 is 0 Å². The molecule has 0 radical (unpaired) electrons. The highest BCUT2D eigenvalue weighted by atomic mass is 35.5. The van der Waals surface area contributed by atoms with E-state index in [1.807, 2.05) is 12.1 Å². The first-order valence-electron chi connectivity index (χ1n) is 5.87. The molecule has 0 bridgehead atoms. The Bertz CT molecular complexity index is 359. The highest BCUT2D eigenvalue weighted by molar-refractivity contribution is 6.42. The van der Waals surface area contributed by atoms with E-state index in [4.69, 9.17) is 23.2 Å². The predicted octanol–water partition coefficient (Wildman–Crippen LogP) is 4.54. The summed E-state index contributed by atoms with van der Waals surface area (Å²) in [7, 11) is 0. The molecule has 1 aromatic rings. The molecule has 1 atom stereocenters. The number of nitrogens with zero attached hydrogens (tertiary/aromatic N) is 1. The lowest BCUT2D eigenvalue weighted by Gasteiger charge is -2.32. The maximum absolute atomic E-state index is 6.05. The van der Waals surface area contributed by atoms with Gasteiger partial charge in [-0.2, -0.15) is 0 Å². The summed E-state index contributed by atoms with van der Waals surface area (Å²) in [4.78, 5) is 2.52. The van der Waals surface area contributed by atoms with Gasteiger partial charge in [-0.3, -0.25) is 4.90 Å². The van der Waals surface area contributed by atoms with Crippen LogP contribution in [0.4, 0.5) is 0 Å². The predicted molar refractivity (Wildman–Crippen MR) is 70.3 cm³/mol. The zero-order valence-corrected chi connectivity index (χ0v) is 11.1. The Morgan fingerprint density at radius 3 is 2.38 bits per heavy atom. The molecule has 0 saturated carbocycles. The Kier molecular flexibility index (Phi) is 4.12. The lowest BCUT2D eigenvalue weighted by molar-refractivity contribution is 0.175. The summed E-state index contributed by atoms with van der Waals surface area (Å²) in [6, 6.07) is 6.39. The molecule has 0 N–H and O–H groups in total. The zero-order chi connectivity index (χ0) is 11.5. The first-order valence-corrected chi connectivity index (χ1v) is 6.63. The Morgan fingerprint density at radius 1 is 1.06 bits per heavy atom. The van der Waals surface area contributed by atoms with Gasteiger partial charge in [0, 0.05) is 6.04 Å². The van der Waals surface area contributed by atoms with Crippen LogP contribution in [-0.2, 0) is 0 Å². The van der Waals surface area contributed by atoms with Crippen LogP contribution in [0.15, 0.2) is 18.2 Å². The fourth-order valence-corrected chi connectivity index (χ4v) is 2.60. The van der Waals surface area contributed by atoms with Crippen LogP contribution in [0, 0.1) is 0 Å². The molecule has 1 nitrogen and oxygen atoms in total. The van der Waals surface area contributed by atoms with Gasteiger partial charge in [0.05, 0.1) is 10.0 Å². The van der Waals surface area contributed by atoms with Crippen LogP contribution in [-0.4, -0.2) is 18.0 Å². The highest BCUT2D eigenvalue weighted by Gasteiger charge is 2.18. The number of benzene rings is 1. The van der Waals surface area contributed by atoms with Gasteiger partial charge in [0.15, 0.2) is 0 Å². The van der Waals surface area contributed by atoms with Crippen molar-refractivity contribution in [2.45, 2.75) is 32.2 Å². The van der Waals surface area contributed by atoms with E-state index in [-0.39, 0.29) is 0 Å². The fourth-order valence-electron chi connectivity index (χ4n) is 2.29. The second-order valence-electron chi connectivity index (χ2n) is 4.45. The van der Waals surface area contributed by atoms with Crippen molar-refractivity contribution >= 4 is 23.2 Å². The molecule has 0 aliphatic carbocycles. The topological polar surface area (TPSA) is 3.24 Å². The van der Waals surface area contributed by atoms with Gasteiger partial charge >= 0.3 is 0 Å². The Morgan fingerprint density at radius 2 is 1.75 bits per heavy atom. The number of hydrogen-bond donors (Lipinski definition) is 0. The van der Waals surface area contributed by atoms with E-state index in [0.717, 1.165) is 0 Å². The van der Waals surface area contributed by atoms with Crippen LogP contribution >= 0.6 is 23.2 Å². The van der Waals surface area contributed by atoms with E-state index in [9.17, 15) is 0 Å². The van der Waals surface area contributed by atoms with Gasteiger partial charge in [0.2, 0.25) is 0 Å². The minimum Gasteiger partial charge on any atom is -0.297 e. The van der Waals surface area contributed by atoms with Crippen LogP contribution in [0.25, 0.3) is 0 Å². The standard InChI is InChI=1S/C13H17Cl2N/c1-10(16-7-3-2-4-8-16)11-5-6-12(14)13(15)9-11/h5-6,9-10H,2-4,7-8H2,1H3. The number of likely N-dealkylation sites (tertiary alicyclic amines) is 1. The van der Waals surface area contributed by atoms with E-state index in [1.54, 1.807) is 0 Å². The molecule has 3 heteroatoms. The second kappa shape index (κ2) is 5.39. The van der Waals surface area contributed by atoms with Crippen LogP contribution in [0.5, 0.6) is 0 Å². The molecule has 1 aliphatic rings. The molecular formula is C13H17Cl2N. The lowest BCUT2D eigenvalue weighted by Crippen LogP contribution is -2.32. The molecule has 88 valence electrons. The minimum atomic E-state index is 0.440. The molecule has 0 amide bonds. The highest BCUT2D eigenvalue weighted by Crippen LogP contribution is 2.29. The molecular weight excluding hydrogens is 241 g/mol. The number of hydrogen-bond acceptors (Lipinski definition) is 1. The molecule has 1 saturated heterocycles. The van der Waals surface area contributed by atoms with Crippen molar-refractivity contribution in [2.75, 3.05) is 13.1 Å². The number of rotatable bonds is 2. The van der Waals surface area contributed by atoms with E-state index in [1.165, 1.54) is 37.9 Å². The molecule has 1 fully saturated rings. The van der Waals surface area contributed by atoms with Crippen LogP contribution < -0.4 is 0 Å². The van der Waals surface area contributed by atoms with Gasteiger partial charge < -0.3 is 0 Å². The van der Waals surface area contributed by atoms with Crippen molar-refractivity contribution in [3.63, 3.8) is 0 Å². The van der Waals surface area contributed by atoms with Gasteiger partial charge in [-0.25, -0.2) is 0 Å². The molecule has 0 spiro atoms. The maximum atomic E-state index is 6.05. The lowest BCUT2D eigenvalue weighted by atomic mass is 10.0. The van der Waals surface area contributed by atoms with Gasteiger partial charge in [-0.05, 0) is 50.6 Å². The zero-order valence-electron chi connectivity index (χ0n) is 9.55. The van der Waals surface area contributed by atoms with E-state index in [2.05, 4.69) is 17.9 Å². The van der Waals surface area contributed by atoms with Crippen LogP contribution in [0.1, 0.15) is 37.8 Å². The van der Waals surface area contributed by atoms with Crippen molar-refractivity contribution in [3.8, 4) is 0 Å². The summed E-state index contributed by atoms with van der Waals surface area (Å²) in [6.45, 7) is 4.63. The van der Waals surface area contributed by atoms with Gasteiger partial charge in [0.1, 0.15) is 0 Å². The van der Waals surface area contributed by atoms with Crippen molar-refractivity contribution in [1.29, 1.82) is 0 Å². The van der Waals surface area contributed by atoms with Crippen LogP contribution in [0.2, 0.25) is 10.0 Å². The van der Waals surface area contributed by atoms with Gasteiger partial charge in [0.25, 0.3) is 0 Å². The van der Waals surface area contributed by atoms with E-state index < -0.39 is 0 Å². The summed E-state index contributed by atoms with van der Waals surface area (Å²) >= 11 is 12.0. The molecule has 1 aliphatic heterocycles. The summed E-state index contributed by atoms with van der Waals surface area (Å²) in [5.41, 5.74) is 1.26. The Hall–Kier alpha value is -0.240. The van der Waals surface area contributed by atoms with Crippen molar-refractivity contribution in [2.24, 2.45) is 0 Å². The first kappa shape index (κ1) is 12.2. The molecule has 1 aromatic carbocycles. The van der Waals surface area contributed by atoms with Gasteiger partial charge in [-0.1, -0.05) is 35.7 Å². The van der Waals surface area contributed by atoms with E-state index in [0.29, 0.717) is 16.1 Å². The summed E-state index contributed by atoms with van der Waals surface area (Å²) in [6.07, 6.45) is 3.99. The molecule has 16 heavy (non-hydrogen) atoms. The molecule has 2 rings (SSSR count). The maximum Gasteiger partial charge on any atom is 0.0595 e. The largest absolute Gasteiger partial charge is 0.297 e. The molecule has 1 heterocycles. The number of halogens is 2. The van der Waals surface area contributed by atoms with Crippen molar-refractivity contribution in [1.82, 2.24) is 4.90 Å². The number of piperidine rings is 1. The van der Waals surface area contributed by atoms with Gasteiger partial charge in [-0.15, -0.1) is 0 Å². The minimum absolute atomic E-state index is 0.440. The SMILES string of the molecule is CC(c1ccc(Cl)c(Cl)c1)N1CCCCC1. The van der Waals surface area contributed by atoms with Crippen molar-refractivity contribution in [3.05, 3.63) is 33.8 Å². The van der Waals surface area contributed by atoms with Crippen LogP contribution in [0.3, 0.4) is 0 Å². The fraction of sp³-hybridized carbons (Fsp3) is 0.538. The second-order valence-corrected chi connectivity index (χ2v) is 5.26. The average molecular weight is 258 g/mol. The summed E-state index contributed by atoms with van der Waals surface area (Å²) < 4.78 is 0. The summed E-state index contributed by atoms with van der Waals surface area (Å²) in [5.74, 6) is 0. The Labute approximate surface area is 107 Å². The third-order valence-corrected chi connectivity index (χ3v) is 4.10. The quantitative estimate of drug-likeness (QED) is 0.752. The third kappa shape index (κ3) is 2.71. The van der Waals surface area contributed by atoms with E-state index >= 15 is 0 Å². The Balaban J connectivity index is 2.12. The third-order valence-electron chi connectivity index (χ3n) is 3.36. The molecule has 0 aromatic heterocycles. The monoisotopic (exact) mass is 257 g/mol. The molecule has 1 unspecified atom stereocenters. The smallest absolute Gasteiger partial charge is 0.0595 e. The normalized spacial score (nSPS) is 19.7. The summed E-state index contributed by atoms with van der Waals surface area (Å²) in [5, 5.41) is 1.29.